The third-order valence-corrected chi connectivity index (χ3v) is 3.33. The quantitative estimate of drug-likeness (QED) is 0.294. The topological polar surface area (TPSA) is 17.1 Å². The van der Waals surface area contributed by atoms with Gasteiger partial charge in [0.1, 0.15) is 5.78 Å². The molecule has 1 heteroatoms. The van der Waals surface area contributed by atoms with E-state index in [9.17, 15) is 4.79 Å². The first-order valence-electron chi connectivity index (χ1n) is 8.10. The Hall–Kier alpha value is -0.850. The van der Waals surface area contributed by atoms with E-state index in [1.54, 1.807) is 0 Å². The number of allylic oxidation sites excluding steroid dienone is 4. The summed E-state index contributed by atoms with van der Waals surface area (Å²) in [5, 5.41) is 0. The van der Waals surface area contributed by atoms with Crippen LogP contribution < -0.4 is 0 Å². The van der Waals surface area contributed by atoms with Crippen LogP contribution >= 0.6 is 0 Å². The van der Waals surface area contributed by atoms with Crippen LogP contribution in [0.3, 0.4) is 0 Å². The second-order valence-electron chi connectivity index (χ2n) is 5.26. The molecule has 19 heavy (non-hydrogen) atoms. The fourth-order valence-corrected chi connectivity index (χ4v) is 2.10. The van der Waals surface area contributed by atoms with E-state index in [1.807, 2.05) is 13.0 Å². The number of hydrogen-bond acceptors (Lipinski definition) is 1. The second kappa shape index (κ2) is 15.2. The third-order valence-electron chi connectivity index (χ3n) is 3.33. The van der Waals surface area contributed by atoms with Gasteiger partial charge in [-0.1, -0.05) is 63.3 Å². The van der Waals surface area contributed by atoms with E-state index < -0.39 is 0 Å². The zero-order chi connectivity index (χ0) is 14.2. The first kappa shape index (κ1) is 18.1. The summed E-state index contributed by atoms with van der Waals surface area (Å²) >= 11 is 0. The first-order valence-corrected chi connectivity index (χ1v) is 8.10. The molecule has 0 rings (SSSR count). The molecule has 0 saturated heterocycles. The van der Waals surface area contributed by atoms with E-state index in [0.29, 0.717) is 5.78 Å². The van der Waals surface area contributed by atoms with Crippen LogP contribution in [0.5, 0.6) is 0 Å². The van der Waals surface area contributed by atoms with Gasteiger partial charge in [0, 0.05) is 12.8 Å². The molecule has 0 saturated carbocycles. The van der Waals surface area contributed by atoms with Gasteiger partial charge in [0.25, 0.3) is 0 Å². The number of ketones is 1. The molecule has 0 aliphatic carbocycles. The molecule has 0 spiro atoms. The van der Waals surface area contributed by atoms with Crippen molar-refractivity contribution >= 4 is 5.78 Å². The number of Topliss-reactive ketones (excluding diaryl/α,β-unsaturated/α-hetero) is 1. The molecule has 0 aromatic carbocycles. The van der Waals surface area contributed by atoms with Gasteiger partial charge in [0.05, 0.1) is 0 Å². The van der Waals surface area contributed by atoms with Gasteiger partial charge in [-0.15, -0.1) is 0 Å². The molecule has 0 bridgehead atoms. The van der Waals surface area contributed by atoms with E-state index in [4.69, 9.17) is 0 Å². The van der Waals surface area contributed by atoms with Crippen LogP contribution in [0.1, 0.15) is 84.5 Å². The van der Waals surface area contributed by atoms with E-state index in [0.717, 1.165) is 32.1 Å². The predicted octanol–water partition coefficient (Wildman–Crippen LogP) is 6.00. The molecular weight excluding hydrogens is 232 g/mol. The maximum Gasteiger partial charge on any atom is 0.132 e. The highest BCUT2D eigenvalue weighted by molar-refractivity contribution is 5.78. The highest BCUT2D eigenvalue weighted by Crippen LogP contribution is 2.09. The Kier molecular flexibility index (Phi) is 14.5. The summed E-state index contributed by atoms with van der Waals surface area (Å²) in [6.07, 6.45) is 20.9. The lowest BCUT2D eigenvalue weighted by Gasteiger charge is -2.01. The van der Waals surface area contributed by atoms with E-state index in [-0.39, 0.29) is 0 Å². The molecule has 0 heterocycles. The van der Waals surface area contributed by atoms with Crippen molar-refractivity contribution in [1.82, 2.24) is 0 Å². The molecule has 0 aliphatic heterocycles. The molecule has 0 aliphatic rings. The summed E-state index contributed by atoms with van der Waals surface area (Å²) in [6.45, 7) is 4.24. The summed E-state index contributed by atoms with van der Waals surface area (Å²) in [4.78, 5) is 11.6. The van der Waals surface area contributed by atoms with Crippen molar-refractivity contribution in [3.05, 3.63) is 24.3 Å². The Balaban J connectivity index is 3.22. The van der Waals surface area contributed by atoms with Gasteiger partial charge in [-0.3, -0.25) is 4.79 Å². The molecule has 0 unspecified atom stereocenters. The standard InChI is InChI=1S/C18H32O/c1-3-5-7-9-10-11-12-13-15-17-18(19)16-14-8-6-4-2/h3,5,7,9H,4,6,8,10-17H2,1-2H3. The number of unbranched alkanes of at least 4 members (excludes halogenated alkanes) is 7. The molecule has 0 aromatic heterocycles. The van der Waals surface area contributed by atoms with Crippen molar-refractivity contribution in [2.24, 2.45) is 0 Å². The Morgan fingerprint density at radius 1 is 0.842 bits per heavy atom. The normalized spacial score (nSPS) is 11.7. The van der Waals surface area contributed by atoms with Gasteiger partial charge in [0.15, 0.2) is 0 Å². The molecule has 0 fully saturated rings. The molecule has 0 amide bonds. The maximum atomic E-state index is 11.6. The minimum atomic E-state index is 0.476. The van der Waals surface area contributed by atoms with Crippen LogP contribution in [0.25, 0.3) is 0 Å². The van der Waals surface area contributed by atoms with Crippen LogP contribution in [0.2, 0.25) is 0 Å². The fraction of sp³-hybridized carbons (Fsp3) is 0.722. The minimum absolute atomic E-state index is 0.476. The van der Waals surface area contributed by atoms with Gasteiger partial charge in [-0.05, 0) is 32.6 Å². The number of hydrogen-bond donors (Lipinski definition) is 0. The van der Waals surface area contributed by atoms with Crippen molar-refractivity contribution in [3.63, 3.8) is 0 Å². The van der Waals surface area contributed by atoms with Crippen LogP contribution in [0.15, 0.2) is 24.3 Å². The maximum absolute atomic E-state index is 11.6. The van der Waals surface area contributed by atoms with Gasteiger partial charge in [-0.25, -0.2) is 0 Å². The van der Waals surface area contributed by atoms with E-state index in [1.165, 1.54) is 38.5 Å². The lowest BCUT2D eigenvalue weighted by molar-refractivity contribution is -0.119. The molecule has 0 radical (unpaired) electrons. The summed E-state index contributed by atoms with van der Waals surface area (Å²) in [5.41, 5.74) is 0. The van der Waals surface area contributed by atoms with E-state index >= 15 is 0 Å². The van der Waals surface area contributed by atoms with E-state index in [2.05, 4.69) is 25.2 Å². The number of carbonyl (C=O) groups excluding carboxylic acids is 1. The molecule has 0 N–H and O–H groups in total. The third kappa shape index (κ3) is 15.1. The summed E-state index contributed by atoms with van der Waals surface area (Å²) in [5.74, 6) is 0.476. The highest BCUT2D eigenvalue weighted by atomic mass is 16.1. The zero-order valence-electron chi connectivity index (χ0n) is 13.0. The fourth-order valence-electron chi connectivity index (χ4n) is 2.10. The average Bonchev–Trinajstić information content (AvgIpc) is 2.42. The minimum Gasteiger partial charge on any atom is -0.300 e. The molecule has 0 atom stereocenters. The lowest BCUT2D eigenvalue weighted by atomic mass is 10.0. The van der Waals surface area contributed by atoms with Crippen molar-refractivity contribution in [2.45, 2.75) is 84.5 Å². The Morgan fingerprint density at radius 3 is 2.11 bits per heavy atom. The average molecular weight is 264 g/mol. The van der Waals surface area contributed by atoms with Crippen LogP contribution in [-0.4, -0.2) is 5.78 Å². The van der Waals surface area contributed by atoms with Crippen molar-refractivity contribution < 1.29 is 4.79 Å². The molecule has 1 nitrogen and oxygen atoms in total. The second-order valence-corrected chi connectivity index (χ2v) is 5.26. The largest absolute Gasteiger partial charge is 0.300 e. The van der Waals surface area contributed by atoms with Gasteiger partial charge in [0.2, 0.25) is 0 Å². The zero-order valence-corrected chi connectivity index (χ0v) is 13.0. The Morgan fingerprint density at radius 2 is 1.47 bits per heavy atom. The molecule has 110 valence electrons. The van der Waals surface area contributed by atoms with Gasteiger partial charge >= 0.3 is 0 Å². The van der Waals surface area contributed by atoms with Crippen molar-refractivity contribution in [3.8, 4) is 0 Å². The SMILES string of the molecule is CC=CC=CCCCCCCC(=O)CCCCCC. The summed E-state index contributed by atoms with van der Waals surface area (Å²) in [7, 11) is 0. The van der Waals surface area contributed by atoms with Crippen molar-refractivity contribution in [2.75, 3.05) is 0 Å². The smallest absolute Gasteiger partial charge is 0.132 e. The van der Waals surface area contributed by atoms with Gasteiger partial charge in [-0.2, -0.15) is 0 Å². The van der Waals surface area contributed by atoms with Crippen molar-refractivity contribution in [1.29, 1.82) is 0 Å². The Labute approximate surface area is 120 Å². The van der Waals surface area contributed by atoms with Gasteiger partial charge < -0.3 is 0 Å². The lowest BCUT2D eigenvalue weighted by Crippen LogP contribution is -1.97. The van der Waals surface area contributed by atoms with Crippen LogP contribution in [-0.2, 0) is 4.79 Å². The number of rotatable bonds is 13. The van der Waals surface area contributed by atoms with Crippen LogP contribution in [0.4, 0.5) is 0 Å². The predicted molar refractivity (Wildman–Crippen MR) is 85.4 cm³/mol. The Bertz CT molecular complexity index is 250. The van der Waals surface area contributed by atoms with Crippen LogP contribution in [0, 0.1) is 0 Å². The molecule has 0 aromatic rings. The first-order chi connectivity index (χ1) is 9.31. The molecular formula is C18H32O. The highest BCUT2D eigenvalue weighted by Gasteiger charge is 2.01. The summed E-state index contributed by atoms with van der Waals surface area (Å²) in [6, 6.07) is 0. The monoisotopic (exact) mass is 264 g/mol. The summed E-state index contributed by atoms with van der Waals surface area (Å²) < 4.78 is 0. The number of carbonyl (C=O) groups is 1.